The lowest BCUT2D eigenvalue weighted by Gasteiger charge is -2.08. The fourth-order valence-corrected chi connectivity index (χ4v) is 2.52. The van der Waals surface area contributed by atoms with E-state index in [1.165, 1.54) is 0 Å². The van der Waals surface area contributed by atoms with Crippen molar-refractivity contribution in [3.8, 4) is 0 Å². The smallest absolute Gasteiger partial charge is 0.315 e. The summed E-state index contributed by atoms with van der Waals surface area (Å²) in [6.07, 6.45) is 1.54. The summed E-state index contributed by atoms with van der Waals surface area (Å²) in [6.45, 7) is 0.765. The molecule has 122 valence electrons. The van der Waals surface area contributed by atoms with Gasteiger partial charge in [0.2, 0.25) is 5.91 Å². The third-order valence-electron chi connectivity index (χ3n) is 2.85. The number of amides is 3. The molecule has 6 nitrogen and oxygen atoms in total. The second-order valence-corrected chi connectivity index (χ2v) is 5.80. The highest BCUT2D eigenvalue weighted by atomic mass is 32.2. The Morgan fingerprint density at radius 3 is 2.57 bits per heavy atom. The second-order valence-electron chi connectivity index (χ2n) is 4.63. The Labute approximate surface area is 139 Å². The SMILES string of the molecule is O=C(CNC(=O)NCCSc1ccccc1)NCc1ccco1. The number of nitrogens with one attached hydrogen (secondary N) is 3. The molecule has 2 rings (SSSR count). The van der Waals surface area contributed by atoms with E-state index in [-0.39, 0.29) is 18.5 Å². The van der Waals surface area contributed by atoms with Crippen LogP contribution in [0.3, 0.4) is 0 Å². The van der Waals surface area contributed by atoms with Crippen LogP contribution in [0, 0.1) is 0 Å². The number of hydrogen-bond donors (Lipinski definition) is 3. The van der Waals surface area contributed by atoms with Crippen molar-refractivity contribution in [2.75, 3.05) is 18.8 Å². The predicted octanol–water partition coefficient (Wildman–Crippen LogP) is 1.99. The highest BCUT2D eigenvalue weighted by Gasteiger charge is 2.05. The van der Waals surface area contributed by atoms with Crippen LogP contribution in [-0.4, -0.2) is 30.8 Å². The van der Waals surface area contributed by atoms with Crippen LogP contribution in [0.2, 0.25) is 0 Å². The van der Waals surface area contributed by atoms with Gasteiger partial charge in [0.1, 0.15) is 5.76 Å². The third kappa shape index (κ3) is 6.92. The molecule has 0 atom stereocenters. The van der Waals surface area contributed by atoms with Gasteiger partial charge in [0, 0.05) is 17.2 Å². The molecule has 0 unspecified atom stereocenters. The minimum absolute atomic E-state index is 0.0711. The van der Waals surface area contributed by atoms with Gasteiger partial charge in [-0.15, -0.1) is 11.8 Å². The molecule has 0 saturated heterocycles. The largest absolute Gasteiger partial charge is 0.467 e. The highest BCUT2D eigenvalue weighted by Crippen LogP contribution is 2.15. The Bertz CT molecular complexity index is 602. The quantitative estimate of drug-likeness (QED) is 0.509. The lowest BCUT2D eigenvalue weighted by atomic mass is 10.4. The van der Waals surface area contributed by atoms with E-state index in [9.17, 15) is 9.59 Å². The third-order valence-corrected chi connectivity index (χ3v) is 3.86. The number of benzene rings is 1. The lowest BCUT2D eigenvalue weighted by Crippen LogP contribution is -2.42. The Balaban J connectivity index is 1.51. The van der Waals surface area contributed by atoms with E-state index in [1.807, 2.05) is 30.3 Å². The number of hydrogen-bond acceptors (Lipinski definition) is 4. The van der Waals surface area contributed by atoms with Gasteiger partial charge in [0.15, 0.2) is 0 Å². The molecule has 7 heteroatoms. The van der Waals surface area contributed by atoms with Crippen LogP contribution < -0.4 is 16.0 Å². The van der Waals surface area contributed by atoms with Gasteiger partial charge in [0.05, 0.1) is 19.4 Å². The standard InChI is InChI=1S/C16H19N3O3S/c20-15(18-11-13-5-4-9-22-13)12-19-16(21)17-8-10-23-14-6-2-1-3-7-14/h1-7,9H,8,10-12H2,(H,18,20)(H2,17,19,21). The van der Waals surface area contributed by atoms with Gasteiger partial charge in [-0.1, -0.05) is 18.2 Å². The van der Waals surface area contributed by atoms with Crippen LogP contribution in [0.25, 0.3) is 0 Å². The molecular formula is C16H19N3O3S. The minimum atomic E-state index is -0.355. The first kappa shape index (κ1) is 17.0. The van der Waals surface area contributed by atoms with Gasteiger partial charge in [0.25, 0.3) is 0 Å². The zero-order chi connectivity index (χ0) is 16.3. The molecule has 0 aliphatic carbocycles. The zero-order valence-corrected chi connectivity index (χ0v) is 13.4. The Hall–Kier alpha value is -2.41. The summed E-state index contributed by atoms with van der Waals surface area (Å²) in [7, 11) is 0. The molecule has 1 aromatic heterocycles. The molecule has 23 heavy (non-hydrogen) atoms. The Morgan fingerprint density at radius 1 is 1.00 bits per heavy atom. The fraction of sp³-hybridized carbons (Fsp3) is 0.250. The molecule has 0 bridgehead atoms. The van der Waals surface area contributed by atoms with Crippen molar-refractivity contribution in [2.45, 2.75) is 11.4 Å². The van der Waals surface area contributed by atoms with Crippen LogP contribution >= 0.6 is 11.8 Å². The summed E-state index contributed by atoms with van der Waals surface area (Å²) in [5, 5.41) is 7.87. The van der Waals surface area contributed by atoms with Crippen molar-refractivity contribution in [1.29, 1.82) is 0 Å². The number of furan rings is 1. The first-order valence-electron chi connectivity index (χ1n) is 7.22. The molecule has 0 saturated carbocycles. The van der Waals surface area contributed by atoms with Crippen molar-refractivity contribution in [1.82, 2.24) is 16.0 Å². The van der Waals surface area contributed by atoms with Gasteiger partial charge in [-0.05, 0) is 24.3 Å². The first-order chi connectivity index (χ1) is 11.2. The average molecular weight is 333 g/mol. The number of thioether (sulfide) groups is 1. The molecule has 0 aliphatic rings. The van der Waals surface area contributed by atoms with Crippen LogP contribution in [0.15, 0.2) is 58.0 Å². The number of urea groups is 1. The summed E-state index contributed by atoms with van der Waals surface area (Å²) < 4.78 is 5.09. The number of rotatable bonds is 8. The van der Waals surface area contributed by atoms with Crippen molar-refractivity contribution < 1.29 is 14.0 Å². The molecular weight excluding hydrogens is 314 g/mol. The molecule has 0 fully saturated rings. The van der Waals surface area contributed by atoms with E-state index in [4.69, 9.17) is 4.42 Å². The predicted molar refractivity (Wildman–Crippen MR) is 89.1 cm³/mol. The van der Waals surface area contributed by atoms with E-state index >= 15 is 0 Å². The molecule has 0 spiro atoms. The zero-order valence-electron chi connectivity index (χ0n) is 12.6. The maximum absolute atomic E-state index is 11.6. The number of carbonyl (C=O) groups is 2. The van der Waals surface area contributed by atoms with E-state index in [2.05, 4.69) is 16.0 Å². The van der Waals surface area contributed by atoms with E-state index in [0.717, 1.165) is 10.6 Å². The summed E-state index contributed by atoms with van der Waals surface area (Å²) in [5.41, 5.74) is 0. The first-order valence-corrected chi connectivity index (χ1v) is 8.21. The summed E-state index contributed by atoms with van der Waals surface area (Å²) in [5.74, 6) is 1.17. The summed E-state index contributed by atoms with van der Waals surface area (Å²) in [6, 6.07) is 13.1. The van der Waals surface area contributed by atoms with Gasteiger partial charge in [-0.2, -0.15) is 0 Å². The summed E-state index contributed by atoms with van der Waals surface area (Å²) in [4.78, 5) is 24.3. The van der Waals surface area contributed by atoms with Crippen molar-refractivity contribution >= 4 is 23.7 Å². The monoisotopic (exact) mass is 333 g/mol. The second kappa shape index (κ2) is 9.58. The molecule has 1 heterocycles. The molecule has 3 N–H and O–H groups in total. The maximum Gasteiger partial charge on any atom is 0.315 e. The van der Waals surface area contributed by atoms with Gasteiger partial charge >= 0.3 is 6.03 Å². The van der Waals surface area contributed by atoms with Crippen molar-refractivity contribution in [3.63, 3.8) is 0 Å². The van der Waals surface area contributed by atoms with Gasteiger partial charge in [-0.25, -0.2) is 4.79 Å². The van der Waals surface area contributed by atoms with E-state index in [1.54, 1.807) is 30.2 Å². The van der Waals surface area contributed by atoms with Gasteiger partial charge < -0.3 is 20.4 Å². The number of carbonyl (C=O) groups excluding carboxylic acids is 2. The lowest BCUT2D eigenvalue weighted by molar-refractivity contribution is -0.120. The molecule has 3 amide bonds. The molecule has 2 aromatic rings. The van der Waals surface area contributed by atoms with Crippen molar-refractivity contribution in [3.05, 3.63) is 54.5 Å². The molecule has 0 aliphatic heterocycles. The van der Waals surface area contributed by atoms with Crippen molar-refractivity contribution in [2.24, 2.45) is 0 Å². The van der Waals surface area contributed by atoms with E-state index < -0.39 is 0 Å². The van der Waals surface area contributed by atoms with Gasteiger partial charge in [-0.3, -0.25) is 4.79 Å². The van der Waals surface area contributed by atoms with Crippen LogP contribution in [0.5, 0.6) is 0 Å². The highest BCUT2D eigenvalue weighted by molar-refractivity contribution is 7.99. The summed E-state index contributed by atoms with van der Waals surface area (Å²) >= 11 is 1.66. The van der Waals surface area contributed by atoms with E-state index in [0.29, 0.717) is 18.8 Å². The topological polar surface area (TPSA) is 83.4 Å². The van der Waals surface area contributed by atoms with Crippen LogP contribution in [0.1, 0.15) is 5.76 Å². The van der Waals surface area contributed by atoms with Crippen LogP contribution in [-0.2, 0) is 11.3 Å². The normalized spacial score (nSPS) is 10.1. The van der Waals surface area contributed by atoms with Crippen LogP contribution in [0.4, 0.5) is 4.79 Å². The fourth-order valence-electron chi connectivity index (χ4n) is 1.73. The maximum atomic E-state index is 11.6. The Kier molecular flexibility index (Phi) is 7.06. The Morgan fingerprint density at radius 2 is 1.83 bits per heavy atom. The minimum Gasteiger partial charge on any atom is -0.467 e. The molecule has 0 radical (unpaired) electrons. The molecule has 1 aromatic carbocycles. The average Bonchev–Trinajstić information content (AvgIpc) is 3.09.